The van der Waals surface area contributed by atoms with Crippen LogP contribution in [0.25, 0.3) is 0 Å². The summed E-state index contributed by atoms with van der Waals surface area (Å²) in [5.41, 5.74) is 3.50. The number of hydrogen-bond acceptors (Lipinski definition) is 6. The topological polar surface area (TPSA) is 114 Å². The molecule has 0 atom stereocenters. The normalized spacial score (nSPS) is 9.71. The van der Waals surface area contributed by atoms with Crippen LogP contribution in [0.1, 0.15) is 16.7 Å². The molecule has 2 aromatic rings. The van der Waals surface area contributed by atoms with E-state index in [1.165, 1.54) is 5.56 Å². The lowest BCUT2D eigenvalue weighted by molar-refractivity contribution is -0.159. The van der Waals surface area contributed by atoms with Crippen LogP contribution in [0, 0.1) is 6.92 Å². The molecule has 0 aliphatic rings. The smallest absolute Gasteiger partial charge is 0.414 e. The Bertz CT molecular complexity index is 771. The zero-order valence-electron chi connectivity index (χ0n) is 16.3. The Morgan fingerprint density at radius 3 is 1.79 bits per heavy atom. The second kappa shape index (κ2) is 11.5. The first kappa shape index (κ1) is 22.8. The SMILES string of the molecule is COc1cc(CNCc2ccc(OC)c(C)c2)cc(OC)c1.O=C(O)C(=O)O. The summed E-state index contributed by atoms with van der Waals surface area (Å²) in [6.07, 6.45) is 0. The third-order valence-electron chi connectivity index (χ3n) is 3.71. The fourth-order valence-electron chi connectivity index (χ4n) is 2.37. The lowest BCUT2D eigenvalue weighted by atomic mass is 10.1. The summed E-state index contributed by atoms with van der Waals surface area (Å²) in [4.78, 5) is 18.2. The number of methoxy groups -OCH3 is 3. The summed E-state index contributed by atoms with van der Waals surface area (Å²) in [6.45, 7) is 3.60. The third-order valence-corrected chi connectivity index (χ3v) is 3.71. The average Bonchev–Trinajstić information content (AvgIpc) is 2.68. The standard InChI is InChI=1S/C18H23NO3.C2H2O4/c1-13-7-14(5-6-18(13)22-4)11-19-12-15-8-16(20-2)10-17(9-15)21-3;3-1(4)2(5)6/h5-10,19H,11-12H2,1-4H3;(H,3,4)(H,5,6). The molecule has 0 radical (unpaired) electrons. The van der Waals surface area contributed by atoms with Crippen molar-refractivity contribution in [3.8, 4) is 17.2 Å². The van der Waals surface area contributed by atoms with Crippen LogP contribution in [0.4, 0.5) is 0 Å². The maximum Gasteiger partial charge on any atom is 0.414 e. The van der Waals surface area contributed by atoms with Crippen LogP contribution in [0.5, 0.6) is 17.2 Å². The molecule has 0 saturated heterocycles. The summed E-state index contributed by atoms with van der Waals surface area (Å²) in [7, 11) is 5.01. The molecule has 0 aliphatic carbocycles. The maximum atomic E-state index is 9.10. The molecule has 28 heavy (non-hydrogen) atoms. The van der Waals surface area contributed by atoms with Gasteiger partial charge in [0.2, 0.25) is 0 Å². The molecule has 0 saturated carbocycles. The molecular weight excluding hydrogens is 366 g/mol. The molecule has 8 nitrogen and oxygen atoms in total. The summed E-state index contributed by atoms with van der Waals surface area (Å²) in [5, 5.41) is 18.2. The second-order valence-electron chi connectivity index (χ2n) is 5.74. The molecule has 0 unspecified atom stereocenters. The highest BCUT2D eigenvalue weighted by molar-refractivity contribution is 6.27. The number of aliphatic carboxylic acids is 2. The Labute approximate surface area is 163 Å². The Hall–Kier alpha value is -3.26. The molecule has 0 aliphatic heterocycles. The van der Waals surface area contributed by atoms with Crippen molar-refractivity contribution >= 4 is 11.9 Å². The van der Waals surface area contributed by atoms with Gasteiger partial charge in [0.25, 0.3) is 0 Å². The van der Waals surface area contributed by atoms with E-state index in [4.69, 9.17) is 34.0 Å². The predicted molar refractivity (Wildman–Crippen MR) is 103 cm³/mol. The van der Waals surface area contributed by atoms with E-state index in [-0.39, 0.29) is 0 Å². The molecule has 152 valence electrons. The number of carbonyl (C=O) groups is 2. The minimum absolute atomic E-state index is 0.749. The fraction of sp³-hybridized carbons (Fsp3) is 0.300. The highest BCUT2D eigenvalue weighted by Gasteiger charge is 2.04. The van der Waals surface area contributed by atoms with E-state index in [2.05, 4.69) is 24.4 Å². The van der Waals surface area contributed by atoms with Crippen LogP contribution >= 0.6 is 0 Å². The molecule has 0 bridgehead atoms. The Balaban J connectivity index is 0.000000568. The first-order chi connectivity index (χ1) is 13.3. The van der Waals surface area contributed by atoms with Crippen molar-refractivity contribution in [2.24, 2.45) is 0 Å². The highest BCUT2D eigenvalue weighted by Crippen LogP contribution is 2.22. The first-order valence-corrected chi connectivity index (χ1v) is 8.33. The van der Waals surface area contributed by atoms with E-state index < -0.39 is 11.9 Å². The number of nitrogens with one attached hydrogen (secondary N) is 1. The molecule has 0 heterocycles. The van der Waals surface area contributed by atoms with Crippen LogP contribution in [-0.2, 0) is 22.7 Å². The van der Waals surface area contributed by atoms with Crippen LogP contribution < -0.4 is 19.5 Å². The molecule has 2 rings (SSSR count). The van der Waals surface area contributed by atoms with Gasteiger partial charge in [-0.25, -0.2) is 9.59 Å². The van der Waals surface area contributed by atoms with E-state index >= 15 is 0 Å². The van der Waals surface area contributed by atoms with Crippen molar-refractivity contribution in [1.29, 1.82) is 0 Å². The Kier molecular flexibility index (Phi) is 9.32. The molecule has 0 amide bonds. The number of hydrogen-bond donors (Lipinski definition) is 3. The van der Waals surface area contributed by atoms with Crippen LogP contribution in [0.3, 0.4) is 0 Å². The molecular formula is C20H25NO7. The molecule has 2 aromatic carbocycles. The van der Waals surface area contributed by atoms with Gasteiger partial charge in [0.15, 0.2) is 0 Å². The number of benzene rings is 2. The van der Waals surface area contributed by atoms with Gasteiger partial charge in [-0.05, 0) is 41.8 Å². The van der Waals surface area contributed by atoms with Crippen LogP contribution in [0.15, 0.2) is 36.4 Å². The number of aryl methyl sites for hydroxylation is 1. The molecule has 0 fully saturated rings. The minimum Gasteiger partial charge on any atom is -0.497 e. The van der Waals surface area contributed by atoms with Crippen molar-refractivity contribution < 1.29 is 34.0 Å². The van der Waals surface area contributed by atoms with Gasteiger partial charge in [-0.2, -0.15) is 0 Å². The van der Waals surface area contributed by atoms with Gasteiger partial charge >= 0.3 is 11.9 Å². The van der Waals surface area contributed by atoms with Crippen LogP contribution in [0.2, 0.25) is 0 Å². The maximum absolute atomic E-state index is 9.10. The van der Waals surface area contributed by atoms with E-state index in [1.807, 2.05) is 24.3 Å². The minimum atomic E-state index is -1.82. The summed E-state index contributed by atoms with van der Waals surface area (Å²) in [5.74, 6) is -1.13. The van der Waals surface area contributed by atoms with Gasteiger partial charge in [-0.15, -0.1) is 0 Å². The van der Waals surface area contributed by atoms with Gasteiger partial charge < -0.3 is 29.7 Å². The fourth-order valence-corrected chi connectivity index (χ4v) is 2.37. The third kappa shape index (κ3) is 7.55. The number of ether oxygens (including phenoxy) is 3. The molecule has 0 spiro atoms. The average molecular weight is 391 g/mol. The van der Waals surface area contributed by atoms with Crippen molar-refractivity contribution in [3.05, 3.63) is 53.1 Å². The van der Waals surface area contributed by atoms with E-state index in [1.54, 1.807) is 21.3 Å². The van der Waals surface area contributed by atoms with Gasteiger partial charge in [-0.3, -0.25) is 0 Å². The zero-order chi connectivity index (χ0) is 21.1. The van der Waals surface area contributed by atoms with E-state index in [0.29, 0.717) is 0 Å². The molecule has 3 N–H and O–H groups in total. The summed E-state index contributed by atoms with van der Waals surface area (Å²) >= 11 is 0. The number of carboxylic acids is 2. The number of rotatable bonds is 7. The largest absolute Gasteiger partial charge is 0.497 e. The quantitative estimate of drug-likeness (QED) is 0.617. The predicted octanol–water partition coefficient (Wildman–Crippen LogP) is 2.47. The first-order valence-electron chi connectivity index (χ1n) is 8.33. The van der Waals surface area contributed by atoms with Gasteiger partial charge in [0.1, 0.15) is 17.2 Å². The summed E-state index contributed by atoms with van der Waals surface area (Å²) < 4.78 is 15.8. The van der Waals surface area contributed by atoms with Gasteiger partial charge in [-0.1, -0.05) is 12.1 Å². The van der Waals surface area contributed by atoms with E-state index in [9.17, 15) is 0 Å². The zero-order valence-corrected chi connectivity index (χ0v) is 16.3. The lowest BCUT2D eigenvalue weighted by Gasteiger charge is -2.11. The Morgan fingerprint density at radius 1 is 0.821 bits per heavy atom. The second-order valence-corrected chi connectivity index (χ2v) is 5.74. The molecule has 8 heteroatoms. The molecule has 0 aromatic heterocycles. The monoisotopic (exact) mass is 391 g/mol. The van der Waals surface area contributed by atoms with Crippen molar-refractivity contribution in [2.75, 3.05) is 21.3 Å². The summed E-state index contributed by atoms with van der Waals surface area (Å²) in [6, 6.07) is 12.1. The van der Waals surface area contributed by atoms with Crippen LogP contribution in [-0.4, -0.2) is 43.5 Å². The van der Waals surface area contributed by atoms with Gasteiger partial charge in [0, 0.05) is 19.2 Å². The lowest BCUT2D eigenvalue weighted by Crippen LogP contribution is -2.13. The number of carboxylic acid groups (broad SMARTS) is 2. The Morgan fingerprint density at radius 2 is 1.36 bits per heavy atom. The van der Waals surface area contributed by atoms with Gasteiger partial charge in [0.05, 0.1) is 21.3 Å². The van der Waals surface area contributed by atoms with Crippen molar-refractivity contribution in [1.82, 2.24) is 5.32 Å². The highest BCUT2D eigenvalue weighted by atomic mass is 16.5. The van der Waals surface area contributed by atoms with E-state index in [0.717, 1.165) is 41.5 Å². The van der Waals surface area contributed by atoms with Crippen molar-refractivity contribution in [3.63, 3.8) is 0 Å². The van der Waals surface area contributed by atoms with Crippen molar-refractivity contribution in [2.45, 2.75) is 20.0 Å².